The minimum Gasteiger partial charge on any atom is -0.493 e. The highest BCUT2D eigenvalue weighted by Crippen LogP contribution is 2.28. The molecule has 0 atom stereocenters. The SMILES string of the molecule is CS(=O)(=O)C1(C(=O)NCCc2ccc3c(c2)CCO3)CCNCC1.Cl. The van der Waals surface area contributed by atoms with Crippen LogP contribution in [0.2, 0.25) is 0 Å². The Kier molecular flexibility index (Phi) is 6.35. The van der Waals surface area contributed by atoms with Crippen molar-refractivity contribution in [1.82, 2.24) is 10.6 Å². The lowest BCUT2D eigenvalue weighted by atomic mass is 9.95. The van der Waals surface area contributed by atoms with Crippen LogP contribution in [-0.4, -0.2) is 51.6 Å². The molecule has 0 saturated carbocycles. The van der Waals surface area contributed by atoms with Gasteiger partial charge in [-0.2, -0.15) is 0 Å². The van der Waals surface area contributed by atoms with Crippen molar-refractivity contribution >= 4 is 28.2 Å². The Labute approximate surface area is 155 Å². The van der Waals surface area contributed by atoms with Crippen LogP contribution >= 0.6 is 12.4 Å². The number of carbonyl (C=O) groups excluding carboxylic acids is 1. The maximum atomic E-state index is 12.6. The molecule has 1 amide bonds. The van der Waals surface area contributed by atoms with E-state index in [2.05, 4.69) is 16.7 Å². The summed E-state index contributed by atoms with van der Waals surface area (Å²) in [6, 6.07) is 6.06. The second kappa shape index (κ2) is 7.93. The third-order valence-corrected chi connectivity index (χ3v) is 7.00. The highest BCUT2D eigenvalue weighted by Gasteiger charge is 2.48. The molecule has 0 radical (unpaired) electrons. The number of ether oxygens (including phenoxy) is 1. The summed E-state index contributed by atoms with van der Waals surface area (Å²) in [5.74, 6) is 0.574. The molecule has 3 rings (SSSR count). The van der Waals surface area contributed by atoms with Crippen molar-refractivity contribution in [3.05, 3.63) is 29.3 Å². The molecule has 2 aliphatic heterocycles. The Hall–Kier alpha value is -1.31. The molecule has 140 valence electrons. The van der Waals surface area contributed by atoms with Crippen LogP contribution in [0.25, 0.3) is 0 Å². The fourth-order valence-corrected chi connectivity index (χ4v) is 4.83. The van der Waals surface area contributed by atoms with E-state index in [1.54, 1.807) is 0 Å². The Bertz CT molecular complexity index is 730. The molecule has 2 heterocycles. The monoisotopic (exact) mass is 388 g/mol. The first-order chi connectivity index (χ1) is 11.4. The zero-order valence-corrected chi connectivity index (χ0v) is 16.0. The molecule has 1 aromatic rings. The number of sulfone groups is 1. The Morgan fingerprint density at radius 3 is 2.72 bits per heavy atom. The van der Waals surface area contributed by atoms with Crippen molar-refractivity contribution in [2.75, 3.05) is 32.5 Å². The molecule has 2 aliphatic rings. The summed E-state index contributed by atoms with van der Waals surface area (Å²) in [7, 11) is -3.46. The van der Waals surface area contributed by atoms with E-state index in [0.29, 0.717) is 38.9 Å². The summed E-state index contributed by atoms with van der Waals surface area (Å²) in [6.45, 7) is 2.25. The van der Waals surface area contributed by atoms with Crippen LogP contribution in [0, 0.1) is 0 Å². The molecule has 1 aromatic carbocycles. The summed E-state index contributed by atoms with van der Waals surface area (Å²) >= 11 is 0. The topological polar surface area (TPSA) is 84.5 Å². The molecular formula is C17H25ClN2O4S. The standard InChI is InChI=1S/C17H24N2O4S.ClH/c1-24(21,22)17(6-9-18-10-7-17)16(20)19-8-4-13-2-3-15-14(12-13)5-11-23-15;/h2-3,12,18H,4-11H2,1H3,(H,19,20);1H. The van der Waals surface area contributed by atoms with E-state index < -0.39 is 14.6 Å². The second-order valence-corrected chi connectivity index (χ2v) is 8.89. The van der Waals surface area contributed by atoms with Gasteiger partial charge >= 0.3 is 0 Å². The molecule has 0 bridgehead atoms. The van der Waals surface area contributed by atoms with Gasteiger partial charge in [-0.3, -0.25) is 4.79 Å². The zero-order chi connectivity index (χ0) is 17.2. The third kappa shape index (κ3) is 4.10. The first-order valence-electron chi connectivity index (χ1n) is 8.36. The number of halogens is 1. The van der Waals surface area contributed by atoms with Gasteiger partial charge in [-0.1, -0.05) is 12.1 Å². The maximum Gasteiger partial charge on any atom is 0.241 e. The molecule has 1 saturated heterocycles. The number of fused-ring (bicyclic) bond motifs is 1. The van der Waals surface area contributed by atoms with Crippen molar-refractivity contribution in [3.63, 3.8) is 0 Å². The van der Waals surface area contributed by atoms with Crippen LogP contribution in [0.1, 0.15) is 24.0 Å². The van der Waals surface area contributed by atoms with Crippen LogP contribution in [0.4, 0.5) is 0 Å². The lowest BCUT2D eigenvalue weighted by Crippen LogP contribution is -2.57. The normalized spacial score (nSPS) is 18.6. The Morgan fingerprint density at radius 2 is 2.04 bits per heavy atom. The van der Waals surface area contributed by atoms with Gasteiger partial charge in [0.1, 0.15) is 5.75 Å². The smallest absolute Gasteiger partial charge is 0.241 e. The van der Waals surface area contributed by atoms with E-state index in [1.165, 1.54) is 11.8 Å². The second-order valence-electron chi connectivity index (χ2n) is 6.56. The van der Waals surface area contributed by atoms with Crippen LogP contribution in [0.5, 0.6) is 5.75 Å². The maximum absolute atomic E-state index is 12.6. The largest absolute Gasteiger partial charge is 0.493 e. The summed E-state index contributed by atoms with van der Waals surface area (Å²) in [6.07, 6.45) is 3.41. The summed E-state index contributed by atoms with van der Waals surface area (Å²) < 4.78 is 28.6. The average molecular weight is 389 g/mol. The van der Waals surface area contributed by atoms with Crippen LogP contribution in [0.3, 0.4) is 0 Å². The van der Waals surface area contributed by atoms with Gasteiger partial charge in [-0.25, -0.2) is 8.42 Å². The predicted octanol–water partition coefficient (Wildman–Crippen LogP) is 0.869. The number of carbonyl (C=O) groups is 1. The van der Waals surface area contributed by atoms with Crippen LogP contribution in [-0.2, 0) is 27.5 Å². The van der Waals surface area contributed by atoms with Gasteiger partial charge in [-0.05, 0) is 49.5 Å². The minimum absolute atomic E-state index is 0. The van der Waals surface area contributed by atoms with E-state index in [4.69, 9.17) is 4.74 Å². The number of hydrogen-bond acceptors (Lipinski definition) is 5. The van der Waals surface area contributed by atoms with Gasteiger partial charge in [0.2, 0.25) is 5.91 Å². The number of benzene rings is 1. The average Bonchev–Trinajstić information content (AvgIpc) is 3.02. The van der Waals surface area contributed by atoms with Gasteiger partial charge in [0.25, 0.3) is 0 Å². The van der Waals surface area contributed by atoms with E-state index in [-0.39, 0.29) is 18.3 Å². The minimum atomic E-state index is -3.46. The molecule has 2 N–H and O–H groups in total. The molecule has 1 fully saturated rings. The Morgan fingerprint density at radius 1 is 1.32 bits per heavy atom. The fourth-order valence-electron chi connectivity index (χ4n) is 3.47. The highest BCUT2D eigenvalue weighted by molar-refractivity contribution is 7.92. The first-order valence-corrected chi connectivity index (χ1v) is 10.2. The molecule has 0 aromatic heterocycles. The molecule has 6 nitrogen and oxygen atoms in total. The lowest BCUT2D eigenvalue weighted by molar-refractivity contribution is -0.124. The van der Waals surface area contributed by atoms with Gasteiger partial charge in [-0.15, -0.1) is 12.4 Å². The van der Waals surface area contributed by atoms with Crippen molar-refractivity contribution in [1.29, 1.82) is 0 Å². The van der Waals surface area contributed by atoms with Crippen molar-refractivity contribution in [2.45, 2.75) is 30.4 Å². The summed E-state index contributed by atoms with van der Waals surface area (Å²) in [5, 5.41) is 5.95. The van der Waals surface area contributed by atoms with E-state index in [0.717, 1.165) is 24.3 Å². The number of piperidine rings is 1. The van der Waals surface area contributed by atoms with Gasteiger partial charge in [0, 0.05) is 19.2 Å². The number of hydrogen-bond donors (Lipinski definition) is 2. The summed E-state index contributed by atoms with van der Waals surface area (Å²) in [4.78, 5) is 12.6. The number of rotatable bonds is 5. The van der Waals surface area contributed by atoms with Crippen LogP contribution < -0.4 is 15.4 Å². The molecule has 25 heavy (non-hydrogen) atoms. The molecule has 0 aliphatic carbocycles. The summed E-state index contributed by atoms with van der Waals surface area (Å²) in [5.41, 5.74) is 2.32. The van der Waals surface area contributed by atoms with Crippen molar-refractivity contribution < 1.29 is 17.9 Å². The molecule has 0 unspecified atom stereocenters. The lowest BCUT2D eigenvalue weighted by Gasteiger charge is -2.34. The molecule has 0 spiro atoms. The number of amides is 1. The quantitative estimate of drug-likeness (QED) is 0.781. The van der Waals surface area contributed by atoms with Crippen molar-refractivity contribution in [2.24, 2.45) is 0 Å². The van der Waals surface area contributed by atoms with Gasteiger partial charge < -0.3 is 15.4 Å². The highest BCUT2D eigenvalue weighted by atomic mass is 35.5. The molecule has 8 heteroatoms. The first kappa shape index (κ1) is 20.0. The van der Waals surface area contributed by atoms with Crippen molar-refractivity contribution in [3.8, 4) is 5.75 Å². The van der Waals surface area contributed by atoms with Gasteiger partial charge in [0.15, 0.2) is 14.6 Å². The fraction of sp³-hybridized carbons (Fsp3) is 0.588. The van der Waals surface area contributed by atoms with E-state index >= 15 is 0 Å². The zero-order valence-electron chi connectivity index (χ0n) is 14.3. The number of nitrogens with one attached hydrogen (secondary N) is 2. The van der Waals surface area contributed by atoms with Gasteiger partial charge in [0.05, 0.1) is 6.61 Å². The van der Waals surface area contributed by atoms with E-state index in [9.17, 15) is 13.2 Å². The van der Waals surface area contributed by atoms with E-state index in [1.807, 2.05) is 12.1 Å². The third-order valence-electron chi connectivity index (χ3n) is 4.99. The molecular weight excluding hydrogens is 364 g/mol. The predicted molar refractivity (Wildman–Crippen MR) is 99.3 cm³/mol. The Balaban J connectivity index is 0.00000225. The van der Waals surface area contributed by atoms with Crippen LogP contribution in [0.15, 0.2) is 18.2 Å².